The predicted molar refractivity (Wildman–Crippen MR) is 64.6 cm³/mol. The Morgan fingerprint density at radius 3 is 2.88 bits per heavy atom. The van der Waals surface area contributed by atoms with Crippen molar-refractivity contribution < 1.29 is 9.42 Å². The Hall–Kier alpha value is -1.70. The van der Waals surface area contributed by atoms with Crippen LogP contribution in [0.5, 0.6) is 0 Å². The van der Waals surface area contributed by atoms with E-state index >= 15 is 0 Å². The first-order valence-corrected chi connectivity index (χ1v) is 6.60. The molecule has 3 N–H and O–H groups in total. The number of rotatable bonds is 2. The van der Waals surface area contributed by atoms with Crippen LogP contribution < -0.4 is 10.6 Å². The number of nitrogens with zero attached hydrogens (tertiary/aromatic N) is 4. The topological polar surface area (TPSA) is 105 Å². The fraction of sp³-hybridized carbons (Fsp3) is 0.444. The smallest absolute Gasteiger partial charge is 0.226 e. The van der Waals surface area contributed by atoms with Gasteiger partial charge in [0.2, 0.25) is 5.95 Å². The van der Waals surface area contributed by atoms with E-state index in [0.717, 1.165) is 0 Å². The second-order valence-corrected chi connectivity index (χ2v) is 5.26. The number of nitrogens with two attached hydrogens (primary N) is 1. The molecule has 1 aliphatic rings. The van der Waals surface area contributed by atoms with Crippen LogP contribution in [0.4, 0.5) is 5.95 Å². The first-order chi connectivity index (χ1) is 8.20. The Bertz CT molecular complexity index is 454. The van der Waals surface area contributed by atoms with Crippen molar-refractivity contribution in [2.45, 2.75) is 0 Å². The zero-order chi connectivity index (χ0) is 12.3. The molecule has 0 radical (unpaired) electrons. The van der Waals surface area contributed by atoms with Crippen molar-refractivity contribution in [1.29, 1.82) is 0 Å². The number of hydrogen-bond donors (Lipinski definition) is 2. The minimum Gasteiger partial charge on any atom is -0.409 e. The quantitative estimate of drug-likeness (QED) is 0.308. The van der Waals surface area contributed by atoms with E-state index in [9.17, 15) is 4.21 Å². The van der Waals surface area contributed by atoms with E-state index in [4.69, 9.17) is 10.9 Å². The van der Waals surface area contributed by atoms with Gasteiger partial charge in [0, 0.05) is 41.6 Å². The first-order valence-electron chi connectivity index (χ1n) is 5.11. The molecule has 1 saturated heterocycles. The van der Waals surface area contributed by atoms with Gasteiger partial charge in [0.15, 0.2) is 5.84 Å². The van der Waals surface area contributed by atoms with Crippen LogP contribution in [0.25, 0.3) is 0 Å². The summed E-state index contributed by atoms with van der Waals surface area (Å²) < 4.78 is 11.2. The molecule has 1 aliphatic heterocycles. The van der Waals surface area contributed by atoms with Crippen molar-refractivity contribution in [2.24, 2.45) is 10.9 Å². The lowest BCUT2D eigenvalue weighted by atomic mass is 10.4. The molecule has 17 heavy (non-hydrogen) atoms. The molecular formula is C9H13N5O2S. The molecule has 0 saturated carbocycles. The van der Waals surface area contributed by atoms with Gasteiger partial charge in [0.05, 0.1) is 0 Å². The van der Waals surface area contributed by atoms with E-state index < -0.39 is 10.8 Å². The molecule has 0 spiro atoms. The lowest BCUT2D eigenvalue weighted by Gasteiger charge is -2.26. The van der Waals surface area contributed by atoms with Gasteiger partial charge in [-0.2, -0.15) is 0 Å². The van der Waals surface area contributed by atoms with Gasteiger partial charge in [-0.05, 0) is 6.07 Å². The molecule has 92 valence electrons. The van der Waals surface area contributed by atoms with Crippen LogP contribution in [-0.2, 0) is 10.8 Å². The zero-order valence-electron chi connectivity index (χ0n) is 9.11. The summed E-state index contributed by atoms with van der Waals surface area (Å²) in [4.78, 5) is 10.3. The molecule has 1 aromatic rings. The highest BCUT2D eigenvalue weighted by molar-refractivity contribution is 7.85. The molecule has 0 amide bonds. The van der Waals surface area contributed by atoms with Crippen molar-refractivity contribution in [3.63, 3.8) is 0 Å². The minimum atomic E-state index is -0.736. The average molecular weight is 255 g/mol. The number of hydrogen-bond acceptors (Lipinski definition) is 6. The van der Waals surface area contributed by atoms with E-state index in [0.29, 0.717) is 36.2 Å². The Labute approximate surface area is 101 Å². The summed E-state index contributed by atoms with van der Waals surface area (Å²) in [5, 5.41) is 11.5. The van der Waals surface area contributed by atoms with E-state index in [1.54, 1.807) is 12.3 Å². The molecular weight excluding hydrogens is 242 g/mol. The molecule has 8 heteroatoms. The summed E-state index contributed by atoms with van der Waals surface area (Å²) in [6.45, 7) is 1.32. The number of amidine groups is 1. The molecule has 0 aliphatic carbocycles. The monoisotopic (exact) mass is 255 g/mol. The summed E-state index contributed by atoms with van der Waals surface area (Å²) in [5.74, 6) is 1.72. The Kier molecular flexibility index (Phi) is 3.52. The van der Waals surface area contributed by atoms with Gasteiger partial charge in [-0.1, -0.05) is 5.16 Å². The van der Waals surface area contributed by atoms with Crippen molar-refractivity contribution in [2.75, 3.05) is 29.5 Å². The van der Waals surface area contributed by atoms with Crippen LogP contribution in [0.2, 0.25) is 0 Å². The van der Waals surface area contributed by atoms with Gasteiger partial charge in [-0.15, -0.1) is 0 Å². The Morgan fingerprint density at radius 2 is 2.24 bits per heavy atom. The Morgan fingerprint density at radius 1 is 1.53 bits per heavy atom. The second kappa shape index (κ2) is 5.09. The predicted octanol–water partition coefficient (Wildman–Crippen LogP) is -0.860. The SMILES string of the molecule is N/C(=N/O)c1ccnc(N2CCS(=O)CC2)n1. The fourth-order valence-electron chi connectivity index (χ4n) is 1.53. The average Bonchev–Trinajstić information content (AvgIpc) is 2.39. The van der Waals surface area contributed by atoms with E-state index in [1.807, 2.05) is 4.90 Å². The first kappa shape index (κ1) is 11.8. The summed E-state index contributed by atoms with van der Waals surface area (Å²) in [6.07, 6.45) is 1.56. The van der Waals surface area contributed by atoms with Crippen molar-refractivity contribution in [3.8, 4) is 0 Å². The highest BCUT2D eigenvalue weighted by Gasteiger charge is 2.18. The zero-order valence-corrected chi connectivity index (χ0v) is 9.93. The normalized spacial score (nSPS) is 18.4. The fourth-order valence-corrected chi connectivity index (χ4v) is 2.58. The summed E-state index contributed by atoms with van der Waals surface area (Å²) in [6, 6.07) is 1.57. The molecule has 2 rings (SSSR count). The van der Waals surface area contributed by atoms with E-state index in [2.05, 4.69) is 15.1 Å². The van der Waals surface area contributed by atoms with Gasteiger partial charge in [-0.3, -0.25) is 4.21 Å². The van der Waals surface area contributed by atoms with Crippen LogP contribution in [0, 0.1) is 0 Å². The molecule has 1 aromatic heterocycles. The van der Waals surface area contributed by atoms with E-state index in [1.165, 1.54) is 0 Å². The van der Waals surface area contributed by atoms with Crippen LogP contribution in [0.1, 0.15) is 5.69 Å². The van der Waals surface area contributed by atoms with Gasteiger partial charge in [-0.25, -0.2) is 9.97 Å². The lowest BCUT2D eigenvalue weighted by molar-refractivity contribution is 0.318. The molecule has 0 atom stereocenters. The van der Waals surface area contributed by atoms with Gasteiger partial charge in [0.25, 0.3) is 0 Å². The van der Waals surface area contributed by atoms with Crippen molar-refractivity contribution in [1.82, 2.24) is 9.97 Å². The highest BCUT2D eigenvalue weighted by atomic mass is 32.2. The Balaban J connectivity index is 2.19. The maximum absolute atomic E-state index is 11.2. The van der Waals surface area contributed by atoms with Crippen LogP contribution in [0.15, 0.2) is 17.4 Å². The van der Waals surface area contributed by atoms with Gasteiger partial charge < -0.3 is 15.8 Å². The minimum absolute atomic E-state index is 0.0470. The van der Waals surface area contributed by atoms with Crippen LogP contribution >= 0.6 is 0 Å². The largest absolute Gasteiger partial charge is 0.409 e. The number of aromatic nitrogens is 2. The maximum Gasteiger partial charge on any atom is 0.226 e. The van der Waals surface area contributed by atoms with Crippen molar-refractivity contribution >= 4 is 22.6 Å². The standard InChI is InChI=1S/C9H13N5O2S/c10-8(13-15)7-1-2-11-9(12-7)14-3-5-17(16)6-4-14/h1-2,15H,3-6H2,(H2,10,13). The summed E-state index contributed by atoms with van der Waals surface area (Å²) in [5.41, 5.74) is 5.84. The molecule has 0 aromatic carbocycles. The maximum atomic E-state index is 11.2. The second-order valence-electron chi connectivity index (χ2n) is 3.56. The van der Waals surface area contributed by atoms with Crippen LogP contribution in [-0.4, -0.2) is 49.8 Å². The summed E-state index contributed by atoms with van der Waals surface area (Å²) >= 11 is 0. The van der Waals surface area contributed by atoms with Crippen molar-refractivity contribution in [3.05, 3.63) is 18.0 Å². The number of oxime groups is 1. The van der Waals surface area contributed by atoms with Gasteiger partial charge >= 0.3 is 0 Å². The third-order valence-corrected chi connectivity index (χ3v) is 3.75. The van der Waals surface area contributed by atoms with Crippen LogP contribution in [0.3, 0.4) is 0 Å². The molecule has 0 unspecified atom stereocenters. The molecule has 2 heterocycles. The highest BCUT2D eigenvalue weighted by Crippen LogP contribution is 2.10. The molecule has 0 bridgehead atoms. The van der Waals surface area contributed by atoms with Gasteiger partial charge in [0.1, 0.15) is 5.69 Å². The molecule has 7 nitrogen and oxygen atoms in total. The third kappa shape index (κ3) is 2.70. The molecule has 1 fully saturated rings. The third-order valence-electron chi connectivity index (χ3n) is 2.47. The lowest BCUT2D eigenvalue weighted by Crippen LogP contribution is -2.39. The van der Waals surface area contributed by atoms with E-state index in [-0.39, 0.29) is 5.84 Å². The number of anilines is 1. The summed E-state index contributed by atoms with van der Waals surface area (Å²) in [7, 11) is -0.736.